The molecule has 0 amide bonds. The third-order valence-corrected chi connectivity index (χ3v) is 5.54. The smallest absolute Gasteiger partial charge is 0.346 e. The molecule has 10 nitrogen and oxygen atoms in total. The quantitative estimate of drug-likeness (QED) is 0.177. The summed E-state index contributed by atoms with van der Waals surface area (Å²) in [6, 6.07) is 7.93. The van der Waals surface area contributed by atoms with E-state index in [2.05, 4.69) is 46.7 Å². The number of ether oxygens (including phenoxy) is 2. The van der Waals surface area contributed by atoms with Gasteiger partial charge in [-0.05, 0) is 31.2 Å². The molecule has 0 fully saturated rings. The van der Waals surface area contributed by atoms with Crippen molar-refractivity contribution < 1.29 is 19.2 Å². The number of esters is 1. The summed E-state index contributed by atoms with van der Waals surface area (Å²) in [7, 11) is 1.18. The molecule has 3 rings (SSSR count). The maximum absolute atomic E-state index is 13.1. The highest BCUT2D eigenvalue weighted by atomic mass is 79.9. The Balaban J connectivity index is 2.18. The lowest BCUT2D eigenvalue weighted by atomic mass is 10.2. The summed E-state index contributed by atoms with van der Waals surface area (Å²) in [6.07, 6.45) is 0.555. The zero-order chi connectivity index (χ0) is 24.3. The SMILES string of the molecule is CCc1nc2ccc(Br)cc2c(=O)n1N=Cc1cc(Br)cc([N+](=O)[O-])c1O[C@@H](C)C(=O)OC. The number of carbonyl (C=O) groups is 1. The van der Waals surface area contributed by atoms with E-state index in [-0.39, 0.29) is 17.0 Å². The minimum absolute atomic E-state index is 0.176. The van der Waals surface area contributed by atoms with Crippen molar-refractivity contribution in [2.24, 2.45) is 5.10 Å². The highest BCUT2D eigenvalue weighted by molar-refractivity contribution is 9.10. The van der Waals surface area contributed by atoms with Gasteiger partial charge in [-0.25, -0.2) is 9.78 Å². The summed E-state index contributed by atoms with van der Waals surface area (Å²) in [5, 5.41) is 16.2. The van der Waals surface area contributed by atoms with Crippen LogP contribution in [0.5, 0.6) is 5.75 Å². The van der Waals surface area contributed by atoms with Crippen LogP contribution in [0.15, 0.2) is 49.2 Å². The Hall–Kier alpha value is -3.12. The van der Waals surface area contributed by atoms with E-state index in [0.717, 1.165) is 4.68 Å². The molecule has 3 aromatic rings. The number of rotatable bonds is 7. The second-order valence-corrected chi connectivity index (χ2v) is 8.62. The predicted octanol–water partition coefficient (Wildman–Crippen LogP) is 4.21. The number of aromatic nitrogens is 2. The monoisotopic (exact) mass is 580 g/mol. The van der Waals surface area contributed by atoms with Gasteiger partial charge in [-0.3, -0.25) is 14.9 Å². The normalized spacial score (nSPS) is 12.2. The molecule has 0 N–H and O–H groups in total. The van der Waals surface area contributed by atoms with Crippen molar-refractivity contribution in [2.45, 2.75) is 26.4 Å². The van der Waals surface area contributed by atoms with Gasteiger partial charge in [0.2, 0.25) is 5.75 Å². The van der Waals surface area contributed by atoms with Crippen molar-refractivity contribution in [1.82, 2.24) is 9.66 Å². The Morgan fingerprint density at radius 3 is 2.67 bits per heavy atom. The van der Waals surface area contributed by atoms with Gasteiger partial charge in [0.1, 0.15) is 5.82 Å². The third-order valence-electron chi connectivity index (χ3n) is 4.59. The molecule has 0 aliphatic heterocycles. The molecule has 0 bridgehead atoms. The van der Waals surface area contributed by atoms with Crippen LogP contribution in [-0.4, -0.2) is 40.0 Å². The van der Waals surface area contributed by atoms with Gasteiger partial charge in [-0.15, -0.1) is 0 Å². The van der Waals surface area contributed by atoms with Crippen LogP contribution < -0.4 is 10.3 Å². The molecule has 1 heterocycles. The van der Waals surface area contributed by atoms with Gasteiger partial charge < -0.3 is 9.47 Å². The van der Waals surface area contributed by atoms with E-state index in [9.17, 15) is 19.7 Å². The molecule has 1 atom stereocenters. The first kappa shape index (κ1) is 24.5. The fourth-order valence-corrected chi connectivity index (χ4v) is 3.84. The number of methoxy groups -OCH3 is 1. The molecule has 0 saturated carbocycles. The number of aryl methyl sites for hydroxylation is 1. The van der Waals surface area contributed by atoms with Gasteiger partial charge in [-0.1, -0.05) is 38.8 Å². The molecule has 0 spiro atoms. The van der Waals surface area contributed by atoms with Crippen LogP contribution >= 0.6 is 31.9 Å². The highest BCUT2D eigenvalue weighted by Crippen LogP contribution is 2.34. The van der Waals surface area contributed by atoms with Gasteiger partial charge in [0.05, 0.1) is 29.2 Å². The van der Waals surface area contributed by atoms with Crippen LogP contribution in [0.4, 0.5) is 5.69 Å². The summed E-state index contributed by atoms with van der Waals surface area (Å²) in [4.78, 5) is 40.4. The van der Waals surface area contributed by atoms with Gasteiger partial charge >= 0.3 is 11.7 Å². The van der Waals surface area contributed by atoms with Crippen molar-refractivity contribution in [3.05, 3.63) is 71.1 Å². The van der Waals surface area contributed by atoms with Gasteiger partial charge in [-0.2, -0.15) is 9.78 Å². The van der Waals surface area contributed by atoms with E-state index >= 15 is 0 Å². The second kappa shape index (κ2) is 10.2. The standard InChI is InChI=1S/C21H18Br2N4O6/c1-4-18-25-16-6-5-13(22)8-15(16)20(28)26(18)24-10-12-7-14(23)9-17(27(30)31)19(12)33-11(2)21(29)32-3/h5-11H,4H2,1-3H3/t11-/m0/s1. The molecule has 33 heavy (non-hydrogen) atoms. The summed E-state index contributed by atoms with van der Waals surface area (Å²) >= 11 is 6.58. The lowest BCUT2D eigenvalue weighted by molar-refractivity contribution is -0.386. The van der Waals surface area contributed by atoms with Crippen LogP contribution in [0.3, 0.4) is 0 Å². The van der Waals surface area contributed by atoms with E-state index < -0.39 is 22.6 Å². The number of carbonyl (C=O) groups excluding carboxylic acids is 1. The maximum Gasteiger partial charge on any atom is 0.346 e. The first-order valence-corrected chi connectivity index (χ1v) is 11.2. The number of benzene rings is 2. The number of halogens is 2. The second-order valence-electron chi connectivity index (χ2n) is 6.79. The number of hydrogen-bond donors (Lipinski definition) is 0. The molecule has 1 aromatic heterocycles. The summed E-state index contributed by atoms with van der Waals surface area (Å²) in [5.41, 5.74) is -0.0786. The first-order chi connectivity index (χ1) is 15.7. The Morgan fingerprint density at radius 1 is 1.30 bits per heavy atom. The fourth-order valence-electron chi connectivity index (χ4n) is 3.01. The van der Waals surface area contributed by atoms with Crippen molar-refractivity contribution >= 4 is 60.6 Å². The van der Waals surface area contributed by atoms with Crippen molar-refractivity contribution in [3.8, 4) is 5.75 Å². The number of hydrogen-bond acceptors (Lipinski definition) is 8. The fraction of sp³-hybridized carbons (Fsp3) is 0.238. The van der Waals surface area contributed by atoms with Crippen LogP contribution in [-0.2, 0) is 16.0 Å². The molecule has 0 aliphatic rings. The Labute approximate surface area is 204 Å². The van der Waals surface area contributed by atoms with Gasteiger partial charge in [0.25, 0.3) is 5.56 Å². The zero-order valence-corrected chi connectivity index (χ0v) is 20.9. The topological polar surface area (TPSA) is 126 Å². The molecule has 0 saturated heterocycles. The van der Waals surface area contributed by atoms with E-state index in [4.69, 9.17) is 4.74 Å². The minimum atomic E-state index is -1.12. The van der Waals surface area contributed by atoms with E-state index in [1.165, 1.54) is 32.4 Å². The summed E-state index contributed by atoms with van der Waals surface area (Å²) < 4.78 is 12.4. The largest absolute Gasteiger partial charge is 0.471 e. The first-order valence-electron chi connectivity index (χ1n) is 9.64. The van der Waals surface area contributed by atoms with Crippen LogP contribution in [0.1, 0.15) is 25.2 Å². The maximum atomic E-state index is 13.1. The Bertz CT molecular complexity index is 1340. The number of nitrogens with zero attached hydrogens (tertiary/aromatic N) is 4. The summed E-state index contributed by atoms with van der Waals surface area (Å²) in [6.45, 7) is 3.23. The molecule has 0 aliphatic carbocycles. The van der Waals surface area contributed by atoms with E-state index in [1.807, 2.05) is 6.92 Å². The van der Waals surface area contributed by atoms with Crippen LogP contribution in [0.2, 0.25) is 0 Å². The average molecular weight is 582 g/mol. The van der Waals surface area contributed by atoms with Crippen molar-refractivity contribution in [2.75, 3.05) is 7.11 Å². The Kier molecular flexibility index (Phi) is 7.59. The highest BCUT2D eigenvalue weighted by Gasteiger charge is 2.25. The number of nitro benzene ring substituents is 1. The molecular weight excluding hydrogens is 564 g/mol. The Morgan fingerprint density at radius 2 is 2.03 bits per heavy atom. The van der Waals surface area contributed by atoms with Crippen molar-refractivity contribution in [3.63, 3.8) is 0 Å². The van der Waals surface area contributed by atoms with Crippen LogP contribution in [0, 0.1) is 10.1 Å². The van der Waals surface area contributed by atoms with Gasteiger partial charge in [0.15, 0.2) is 6.10 Å². The molecule has 172 valence electrons. The lowest BCUT2D eigenvalue weighted by Crippen LogP contribution is -2.26. The number of fused-ring (bicyclic) bond motifs is 1. The molecule has 0 radical (unpaired) electrons. The average Bonchev–Trinajstić information content (AvgIpc) is 2.78. The zero-order valence-electron chi connectivity index (χ0n) is 17.7. The molecule has 2 aromatic carbocycles. The summed E-state index contributed by atoms with van der Waals surface area (Å²) in [5.74, 6) is -0.489. The molecule has 12 heteroatoms. The lowest BCUT2D eigenvalue weighted by Gasteiger charge is -2.15. The molecular formula is C21H18Br2N4O6. The predicted molar refractivity (Wildman–Crippen MR) is 129 cm³/mol. The minimum Gasteiger partial charge on any atom is -0.471 e. The van der Waals surface area contributed by atoms with Crippen molar-refractivity contribution in [1.29, 1.82) is 0 Å². The third kappa shape index (κ3) is 5.28. The van der Waals surface area contributed by atoms with Gasteiger partial charge in [0, 0.05) is 27.0 Å². The number of nitro groups is 1. The van der Waals surface area contributed by atoms with E-state index in [1.54, 1.807) is 18.2 Å². The molecule has 0 unspecified atom stereocenters. The van der Waals surface area contributed by atoms with Crippen LogP contribution in [0.25, 0.3) is 10.9 Å². The van der Waals surface area contributed by atoms with E-state index in [0.29, 0.717) is 32.1 Å².